The maximum Gasteiger partial charge on any atom is 0.253 e. The molecule has 0 bridgehead atoms. The van der Waals surface area contributed by atoms with E-state index < -0.39 is 0 Å². The molecule has 5 nitrogen and oxygen atoms in total. The molecule has 1 N–H and O–H groups in total. The molecule has 0 aromatic heterocycles. The summed E-state index contributed by atoms with van der Waals surface area (Å²) in [6.07, 6.45) is 0.893. The van der Waals surface area contributed by atoms with Gasteiger partial charge in [0.05, 0.1) is 30.8 Å². The van der Waals surface area contributed by atoms with Crippen molar-refractivity contribution in [3.05, 3.63) is 94.0 Å². The van der Waals surface area contributed by atoms with Crippen LogP contribution in [0.3, 0.4) is 0 Å². The van der Waals surface area contributed by atoms with Gasteiger partial charge in [-0.2, -0.15) is 0 Å². The van der Waals surface area contributed by atoms with Crippen molar-refractivity contribution in [3.63, 3.8) is 0 Å². The molecule has 0 spiro atoms. The third kappa shape index (κ3) is 5.00. The van der Waals surface area contributed by atoms with Crippen LogP contribution in [0.25, 0.3) is 0 Å². The lowest BCUT2D eigenvalue weighted by Crippen LogP contribution is -2.47. The van der Waals surface area contributed by atoms with Crippen molar-refractivity contribution in [2.24, 2.45) is 0 Å². The summed E-state index contributed by atoms with van der Waals surface area (Å²) in [5, 5.41) is 3.64. The SMILES string of the molecule is COc1cc2c(cc1OC)C(C(C)NC(=O)c1ccccc1Cl)N(Cc1ccccc1)CC2. The topological polar surface area (TPSA) is 50.8 Å². The van der Waals surface area contributed by atoms with Gasteiger partial charge < -0.3 is 14.8 Å². The minimum absolute atomic E-state index is 0.0415. The Hall–Kier alpha value is -3.02. The molecule has 1 amide bonds. The first kappa shape index (κ1) is 23.1. The fourth-order valence-corrected chi connectivity index (χ4v) is 4.84. The number of rotatable bonds is 7. The van der Waals surface area contributed by atoms with E-state index in [4.69, 9.17) is 21.1 Å². The second-order valence-corrected chi connectivity index (χ2v) is 8.71. The first-order valence-corrected chi connectivity index (χ1v) is 11.5. The van der Waals surface area contributed by atoms with E-state index in [2.05, 4.69) is 40.5 Å². The standard InChI is InChI=1S/C27H29ClN2O3/c1-18(29-27(31)21-11-7-8-12-23(21)28)26-22-16-25(33-3)24(32-2)15-20(22)13-14-30(26)17-19-9-5-4-6-10-19/h4-12,15-16,18,26H,13-14,17H2,1-3H3,(H,29,31). The average Bonchev–Trinajstić information content (AvgIpc) is 2.83. The number of ether oxygens (including phenoxy) is 2. The van der Waals surface area contributed by atoms with E-state index >= 15 is 0 Å². The molecule has 33 heavy (non-hydrogen) atoms. The number of methoxy groups -OCH3 is 2. The predicted octanol–water partition coefficient (Wildman–Crippen LogP) is 5.28. The first-order chi connectivity index (χ1) is 16.0. The molecule has 2 unspecified atom stereocenters. The lowest BCUT2D eigenvalue weighted by atomic mass is 9.87. The summed E-state index contributed by atoms with van der Waals surface area (Å²) in [4.78, 5) is 15.5. The normalized spacial score (nSPS) is 16.5. The van der Waals surface area contributed by atoms with Crippen molar-refractivity contribution in [2.75, 3.05) is 20.8 Å². The van der Waals surface area contributed by atoms with Gasteiger partial charge in [0.15, 0.2) is 11.5 Å². The Balaban J connectivity index is 1.69. The van der Waals surface area contributed by atoms with E-state index in [-0.39, 0.29) is 18.0 Å². The van der Waals surface area contributed by atoms with Gasteiger partial charge in [-0.25, -0.2) is 0 Å². The van der Waals surface area contributed by atoms with Crippen LogP contribution in [0.4, 0.5) is 0 Å². The largest absolute Gasteiger partial charge is 0.493 e. The van der Waals surface area contributed by atoms with Crippen LogP contribution in [-0.2, 0) is 13.0 Å². The molecule has 3 aromatic carbocycles. The van der Waals surface area contributed by atoms with Gasteiger partial charge in [0.1, 0.15) is 0 Å². The third-order valence-electron chi connectivity index (χ3n) is 6.21. The summed E-state index contributed by atoms with van der Waals surface area (Å²) < 4.78 is 11.1. The number of hydrogen-bond donors (Lipinski definition) is 1. The van der Waals surface area contributed by atoms with Crippen LogP contribution < -0.4 is 14.8 Å². The monoisotopic (exact) mass is 464 g/mol. The minimum atomic E-state index is -0.180. The lowest BCUT2D eigenvalue weighted by molar-refractivity contribution is 0.0877. The number of nitrogens with zero attached hydrogens (tertiary/aromatic N) is 1. The predicted molar refractivity (Wildman–Crippen MR) is 131 cm³/mol. The maximum atomic E-state index is 13.1. The smallest absolute Gasteiger partial charge is 0.253 e. The molecule has 6 heteroatoms. The zero-order valence-corrected chi connectivity index (χ0v) is 19.9. The van der Waals surface area contributed by atoms with Crippen molar-refractivity contribution in [1.82, 2.24) is 10.2 Å². The number of nitrogens with one attached hydrogen (secondary N) is 1. The Morgan fingerprint density at radius 2 is 1.73 bits per heavy atom. The quantitative estimate of drug-likeness (QED) is 0.517. The van der Waals surface area contributed by atoms with Crippen LogP contribution in [-0.4, -0.2) is 37.6 Å². The van der Waals surface area contributed by atoms with Crippen LogP contribution >= 0.6 is 11.6 Å². The van der Waals surface area contributed by atoms with Crippen LogP contribution in [0.1, 0.15) is 40.0 Å². The lowest BCUT2D eigenvalue weighted by Gasteiger charge is -2.41. The van der Waals surface area contributed by atoms with Gasteiger partial charge >= 0.3 is 0 Å². The molecule has 172 valence electrons. The van der Waals surface area contributed by atoms with Gasteiger partial charge in [-0.1, -0.05) is 54.1 Å². The van der Waals surface area contributed by atoms with Crippen molar-refractivity contribution < 1.29 is 14.3 Å². The van der Waals surface area contributed by atoms with Crippen molar-refractivity contribution in [3.8, 4) is 11.5 Å². The van der Waals surface area contributed by atoms with Gasteiger partial charge in [-0.05, 0) is 54.3 Å². The number of carbonyl (C=O) groups excluding carboxylic acids is 1. The molecule has 0 saturated carbocycles. The summed E-state index contributed by atoms with van der Waals surface area (Å²) >= 11 is 6.28. The first-order valence-electron chi connectivity index (χ1n) is 11.1. The third-order valence-corrected chi connectivity index (χ3v) is 6.53. The average molecular weight is 465 g/mol. The van der Waals surface area contributed by atoms with Crippen molar-refractivity contribution in [1.29, 1.82) is 0 Å². The van der Waals surface area contributed by atoms with E-state index in [9.17, 15) is 4.79 Å². The van der Waals surface area contributed by atoms with E-state index in [0.29, 0.717) is 16.3 Å². The van der Waals surface area contributed by atoms with Gasteiger partial charge in [0.25, 0.3) is 5.91 Å². The van der Waals surface area contributed by atoms with Gasteiger partial charge in [0, 0.05) is 19.1 Å². The van der Waals surface area contributed by atoms with Crippen LogP contribution in [0, 0.1) is 0 Å². The van der Waals surface area contributed by atoms with E-state index in [1.165, 1.54) is 11.1 Å². The highest BCUT2D eigenvalue weighted by Gasteiger charge is 2.34. The number of carbonyl (C=O) groups is 1. The molecule has 0 radical (unpaired) electrons. The molecule has 1 heterocycles. The summed E-state index contributed by atoms with van der Waals surface area (Å²) in [7, 11) is 3.30. The zero-order chi connectivity index (χ0) is 23.4. The molecule has 0 fully saturated rings. The van der Waals surface area contributed by atoms with Crippen LogP contribution in [0.15, 0.2) is 66.7 Å². The number of halogens is 1. The number of hydrogen-bond acceptors (Lipinski definition) is 4. The Labute approximate surface area is 200 Å². The molecule has 0 aliphatic carbocycles. The maximum absolute atomic E-state index is 13.1. The molecule has 4 rings (SSSR count). The van der Waals surface area contributed by atoms with E-state index in [0.717, 1.165) is 30.8 Å². The van der Waals surface area contributed by atoms with Gasteiger partial charge in [0.2, 0.25) is 0 Å². The highest BCUT2D eigenvalue weighted by Crippen LogP contribution is 2.40. The summed E-state index contributed by atoms with van der Waals surface area (Å²) in [6, 6.07) is 21.4. The molecular formula is C27H29ClN2O3. The molecule has 3 aromatic rings. The van der Waals surface area contributed by atoms with Crippen LogP contribution in [0.5, 0.6) is 11.5 Å². The summed E-state index contributed by atoms with van der Waals surface area (Å²) in [6.45, 7) is 3.70. The zero-order valence-electron chi connectivity index (χ0n) is 19.2. The Morgan fingerprint density at radius 3 is 2.42 bits per heavy atom. The Kier molecular flexibility index (Phi) is 7.21. The Morgan fingerprint density at radius 1 is 1.06 bits per heavy atom. The molecule has 1 aliphatic heterocycles. The van der Waals surface area contributed by atoms with Crippen molar-refractivity contribution >= 4 is 17.5 Å². The van der Waals surface area contributed by atoms with Crippen molar-refractivity contribution in [2.45, 2.75) is 32.0 Å². The second kappa shape index (κ2) is 10.3. The van der Waals surface area contributed by atoms with Crippen LogP contribution in [0.2, 0.25) is 5.02 Å². The van der Waals surface area contributed by atoms with E-state index in [1.807, 2.05) is 31.2 Å². The molecule has 0 saturated heterocycles. The van der Waals surface area contributed by atoms with Gasteiger partial charge in [-0.3, -0.25) is 9.69 Å². The second-order valence-electron chi connectivity index (χ2n) is 8.30. The number of amides is 1. The fourth-order valence-electron chi connectivity index (χ4n) is 4.62. The van der Waals surface area contributed by atoms with Gasteiger partial charge in [-0.15, -0.1) is 0 Å². The summed E-state index contributed by atoms with van der Waals surface area (Å²) in [5.74, 6) is 1.23. The molecule has 2 atom stereocenters. The van der Waals surface area contributed by atoms with E-state index in [1.54, 1.807) is 26.4 Å². The highest BCUT2D eigenvalue weighted by molar-refractivity contribution is 6.33. The Bertz CT molecular complexity index is 1120. The highest BCUT2D eigenvalue weighted by atomic mass is 35.5. The number of fused-ring (bicyclic) bond motifs is 1. The summed E-state index contributed by atoms with van der Waals surface area (Å²) in [5.41, 5.74) is 4.06. The minimum Gasteiger partial charge on any atom is -0.493 e. The molecular weight excluding hydrogens is 436 g/mol. The fraction of sp³-hybridized carbons (Fsp3) is 0.296. The molecule has 1 aliphatic rings. The number of benzene rings is 3.